The predicted molar refractivity (Wildman–Crippen MR) is 76.5 cm³/mol. The van der Waals surface area contributed by atoms with Crippen molar-refractivity contribution < 1.29 is 14.9 Å². The molecule has 21 heavy (non-hydrogen) atoms. The van der Waals surface area contributed by atoms with E-state index in [0.29, 0.717) is 26.1 Å². The zero-order valence-electron chi connectivity index (χ0n) is 11.7. The van der Waals surface area contributed by atoms with E-state index in [0.717, 1.165) is 11.3 Å². The van der Waals surface area contributed by atoms with Crippen LogP contribution in [0, 0.1) is 0 Å². The molecule has 1 aliphatic heterocycles. The normalized spacial score (nSPS) is 19.3. The second-order valence-electron chi connectivity index (χ2n) is 5.37. The van der Waals surface area contributed by atoms with Crippen molar-refractivity contribution in [2.24, 2.45) is 0 Å². The fraction of sp³-hybridized carbons (Fsp3) is 0.467. The SMILES string of the molecule is OC(Cn1nccc1-c1cccnc1)C1(O)CCOCC1. The lowest BCUT2D eigenvalue weighted by Crippen LogP contribution is -2.48. The predicted octanol–water partition coefficient (Wildman–Crippen LogP) is 0.847. The Balaban J connectivity index is 1.78. The van der Waals surface area contributed by atoms with Crippen molar-refractivity contribution in [3.05, 3.63) is 36.8 Å². The molecular formula is C15H19N3O3. The molecule has 1 aliphatic rings. The minimum Gasteiger partial charge on any atom is -0.388 e. The highest BCUT2D eigenvalue weighted by Crippen LogP contribution is 2.26. The molecule has 2 aromatic heterocycles. The van der Waals surface area contributed by atoms with Gasteiger partial charge in [0.05, 0.1) is 17.8 Å². The van der Waals surface area contributed by atoms with Crippen LogP contribution in [0.4, 0.5) is 0 Å². The molecular weight excluding hydrogens is 270 g/mol. The molecule has 3 heterocycles. The summed E-state index contributed by atoms with van der Waals surface area (Å²) in [6, 6.07) is 5.67. The molecule has 2 N–H and O–H groups in total. The van der Waals surface area contributed by atoms with Gasteiger partial charge in [0.2, 0.25) is 0 Å². The summed E-state index contributed by atoms with van der Waals surface area (Å²) in [5.74, 6) is 0. The summed E-state index contributed by atoms with van der Waals surface area (Å²) in [5, 5.41) is 25.2. The Morgan fingerprint density at radius 1 is 1.29 bits per heavy atom. The second kappa shape index (κ2) is 5.93. The highest BCUT2D eigenvalue weighted by atomic mass is 16.5. The molecule has 3 rings (SSSR count). The van der Waals surface area contributed by atoms with Gasteiger partial charge in [-0.25, -0.2) is 0 Å². The maximum atomic E-state index is 10.5. The number of aliphatic hydroxyl groups is 2. The van der Waals surface area contributed by atoms with Crippen molar-refractivity contribution in [3.8, 4) is 11.3 Å². The molecule has 0 radical (unpaired) electrons. The molecule has 1 saturated heterocycles. The fourth-order valence-corrected chi connectivity index (χ4v) is 2.63. The minimum absolute atomic E-state index is 0.244. The molecule has 2 aromatic rings. The first-order chi connectivity index (χ1) is 10.2. The Kier molecular flexibility index (Phi) is 4.01. The van der Waals surface area contributed by atoms with Crippen LogP contribution in [-0.2, 0) is 11.3 Å². The molecule has 1 atom stereocenters. The van der Waals surface area contributed by atoms with E-state index in [4.69, 9.17) is 4.74 Å². The maximum absolute atomic E-state index is 10.5. The Morgan fingerprint density at radius 3 is 2.81 bits per heavy atom. The smallest absolute Gasteiger partial charge is 0.102 e. The summed E-state index contributed by atoms with van der Waals surface area (Å²) >= 11 is 0. The first-order valence-corrected chi connectivity index (χ1v) is 7.09. The molecule has 0 aromatic carbocycles. The standard InChI is InChI=1S/C15H19N3O3/c19-14(15(20)4-8-21-9-5-15)11-18-13(3-7-17-18)12-2-1-6-16-10-12/h1-3,6-7,10,14,19-20H,4-5,8-9,11H2. The lowest BCUT2D eigenvalue weighted by atomic mass is 9.88. The molecule has 0 amide bonds. The summed E-state index contributed by atoms with van der Waals surface area (Å²) in [4.78, 5) is 4.09. The largest absolute Gasteiger partial charge is 0.388 e. The first-order valence-electron chi connectivity index (χ1n) is 7.09. The highest BCUT2D eigenvalue weighted by Gasteiger charge is 2.37. The number of rotatable bonds is 4. The van der Waals surface area contributed by atoms with Gasteiger partial charge in [0, 0.05) is 50.2 Å². The lowest BCUT2D eigenvalue weighted by Gasteiger charge is -2.36. The van der Waals surface area contributed by atoms with Crippen LogP contribution in [0.15, 0.2) is 36.8 Å². The molecule has 0 bridgehead atoms. The fourth-order valence-electron chi connectivity index (χ4n) is 2.63. The van der Waals surface area contributed by atoms with Crippen molar-refractivity contribution in [2.45, 2.75) is 31.1 Å². The number of pyridine rings is 1. The first kappa shape index (κ1) is 14.2. The Morgan fingerprint density at radius 2 is 2.10 bits per heavy atom. The number of ether oxygens (including phenoxy) is 1. The summed E-state index contributed by atoms with van der Waals surface area (Å²) in [6.45, 7) is 1.19. The van der Waals surface area contributed by atoms with Gasteiger partial charge in [-0.3, -0.25) is 9.67 Å². The summed E-state index contributed by atoms with van der Waals surface area (Å²) in [7, 11) is 0. The average molecular weight is 289 g/mol. The van der Waals surface area contributed by atoms with Crippen molar-refractivity contribution in [2.75, 3.05) is 13.2 Å². The highest BCUT2D eigenvalue weighted by molar-refractivity contribution is 5.57. The van der Waals surface area contributed by atoms with Gasteiger partial charge >= 0.3 is 0 Å². The zero-order chi connectivity index (χ0) is 14.7. The van der Waals surface area contributed by atoms with Gasteiger partial charge < -0.3 is 14.9 Å². The van der Waals surface area contributed by atoms with E-state index >= 15 is 0 Å². The molecule has 1 unspecified atom stereocenters. The van der Waals surface area contributed by atoms with E-state index < -0.39 is 11.7 Å². The van der Waals surface area contributed by atoms with Crippen LogP contribution in [-0.4, -0.2) is 49.9 Å². The van der Waals surface area contributed by atoms with Gasteiger partial charge in [0.15, 0.2) is 0 Å². The van der Waals surface area contributed by atoms with Crippen molar-refractivity contribution >= 4 is 0 Å². The van der Waals surface area contributed by atoms with Crippen molar-refractivity contribution in [3.63, 3.8) is 0 Å². The summed E-state index contributed by atoms with van der Waals surface area (Å²) in [5.41, 5.74) is 0.704. The van der Waals surface area contributed by atoms with E-state index in [-0.39, 0.29) is 6.54 Å². The molecule has 0 saturated carbocycles. The van der Waals surface area contributed by atoms with Gasteiger partial charge in [-0.05, 0) is 18.2 Å². The van der Waals surface area contributed by atoms with Crippen LogP contribution >= 0.6 is 0 Å². The number of aliphatic hydroxyl groups excluding tert-OH is 1. The third-order valence-electron chi connectivity index (χ3n) is 4.00. The number of hydrogen-bond donors (Lipinski definition) is 2. The summed E-state index contributed by atoms with van der Waals surface area (Å²) < 4.78 is 6.95. The van der Waals surface area contributed by atoms with Crippen LogP contribution in [0.1, 0.15) is 12.8 Å². The minimum atomic E-state index is -1.10. The average Bonchev–Trinajstić information content (AvgIpc) is 2.97. The number of hydrogen-bond acceptors (Lipinski definition) is 5. The van der Waals surface area contributed by atoms with E-state index in [1.807, 2.05) is 18.2 Å². The number of nitrogens with zero attached hydrogens (tertiary/aromatic N) is 3. The Bertz CT molecular complexity index is 579. The van der Waals surface area contributed by atoms with Crippen LogP contribution in [0.25, 0.3) is 11.3 Å². The molecule has 0 spiro atoms. The topological polar surface area (TPSA) is 80.4 Å². The molecule has 1 fully saturated rings. The third-order valence-corrected chi connectivity index (χ3v) is 4.00. The van der Waals surface area contributed by atoms with Gasteiger partial charge in [-0.2, -0.15) is 5.10 Å². The molecule has 0 aliphatic carbocycles. The van der Waals surface area contributed by atoms with E-state index in [2.05, 4.69) is 10.1 Å². The van der Waals surface area contributed by atoms with Crippen LogP contribution in [0.3, 0.4) is 0 Å². The molecule has 6 heteroatoms. The van der Waals surface area contributed by atoms with Gasteiger partial charge in [0.25, 0.3) is 0 Å². The third kappa shape index (κ3) is 2.97. The van der Waals surface area contributed by atoms with Crippen LogP contribution < -0.4 is 0 Å². The van der Waals surface area contributed by atoms with E-state index in [1.165, 1.54) is 0 Å². The van der Waals surface area contributed by atoms with E-state index in [1.54, 1.807) is 23.3 Å². The monoisotopic (exact) mass is 289 g/mol. The lowest BCUT2D eigenvalue weighted by molar-refractivity contribution is -0.136. The quantitative estimate of drug-likeness (QED) is 0.872. The van der Waals surface area contributed by atoms with Gasteiger partial charge in [-0.15, -0.1) is 0 Å². The zero-order valence-corrected chi connectivity index (χ0v) is 11.7. The summed E-state index contributed by atoms with van der Waals surface area (Å²) in [6.07, 6.45) is 5.15. The Hall–Kier alpha value is -1.76. The second-order valence-corrected chi connectivity index (χ2v) is 5.37. The van der Waals surface area contributed by atoms with Crippen molar-refractivity contribution in [1.29, 1.82) is 0 Å². The van der Waals surface area contributed by atoms with Crippen LogP contribution in [0.5, 0.6) is 0 Å². The molecule has 6 nitrogen and oxygen atoms in total. The number of aromatic nitrogens is 3. The van der Waals surface area contributed by atoms with Gasteiger partial charge in [-0.1, -0.05) is 0 Å². The van der Waals surface area contributed by atoms with E-state index in [9.17, 15) is 10.2 Å². The maximum Gasteiger partial charge on any atom is 0.102 e. The van der Waals surface area contributed by atoms with Gasteiger partial charge in [0.1, 0.15) is 6.10 Å². The van der Waals surface area contributed by atoms with Crippen molar-refractivity contribution in [1.82, 2.24) is 14.8 Å². The van der Waals surface area contributed by atoms with Crippen LogP contribution in [0.2, 0.25) is 0 Å². The molecule has 112 valence electrons. The Labute approximate surface area is 123 Å².